The van der Waals surface area contributed by atoms with Crippen LogP contribution in [0, 0.1) is 11.3 Å². The Kier molecular flexibility index (Phi) is 4.23. The summed E-state index contributed by atoms with van der Waals surface area (Å²) in [6.45, 7) is 2.66. The molecule has 1 atom stereocenters. The fraction of sp³-hybridized carbons (Fsp3) is 0.500. The van der Waals surface area contributed by atoms with E-state index >= 15 is 0 Å². The van der Waals surface area contributed by atoms with Crippen molar-refractivity contribution in [3.63, 3.8) is 0 Å². The summed E-state index contributed by atoms with van der Waals surface area (Å²) >= 11 is 0. The van der Waals surface area contributed by atoms with E-state index < -0.39 is 10.0 Å². The number of benzene rings is 1. The number of rotatable bonds is 4. The molecule has 1 aromatic rings. The van der Waals surface area contributed by atoms with Gasteiger partial charge in [0.2, 0.25) is 10.0 Å². The average Bonchev–Trinajstić information content (AvgIpc) is 2.88. The minimum Gasteiger partial charge on any atom is -0.212 e. The second-order valence-electron chi connectivity index (χ2n) is 4.88. The molecule has 1 heterocycles. The van der Waals surface area contributed by atoms with Crippen LogP contribution in [0.3, 0.4) is 0 Å². The molecule has 0 aliphatic carbocycles. The van der Waals surface area contributed by atoms with Crippen molar-refractivity contribution in [2.24, 2.45) is 0 Å². The SMILES string of the molecule is CCC1CCCN1S(=O)(=O)Cc1ccc(C#N)cc1. The molecule has 0 saturated carbocycles. The van der Waals surface area contributed by atoms with E-state index in [0.717, 1.165) is 24.8 Å². The summed E-state index contributed by atoms with van der Waals surface area (Å²) in [5.74, 6) is 0.0230. The van der Waals surface area contributed by atoms with Crippen LogP contribution in [0.5, 0.6) is 0 Å². The van der Waals surface area contributed by atoms with Crippen LogP contribution >= 0.6 is 0 Å². The van der Waals surface area contributed by atoms with Gasteiger partial charge in [-0.2, -0.15) is 9.57 Å². The Hall–Kier alpha value is -1.38. The van der Waals surface area contributed by atoms with Gasteiger partial charge in [0.1, 0.15) is 0 Å². The smallest absolute Gasteiger partial charge is 0.212 e. The van der Waals surface area contributed by atoms with Crippen molar-refractivity contribution in [1.82, 2.24) is 4.31 Å². The molecule has 5 heteroatoms. The van der Waals surface area contributed by atoms with Gasteiger partial charge in [-0.25, -0.2) is 8.42 Å². The zero-order valence-electron chi connectivity index (χ0n) is 11.0. The molecule has 0 amide bonds. The first-order valence-corrected chi connectivity index (χ1v) is 8.16. The van der Waals surface area contributed by atoms with Crippen molar-refractivity contribution in [3.05, 3.63) is 35.4 Å². The second kappa shape index (κ2) is 5.72. The van der Waals surface area contributed by atoms with Gasteiger partial charge in [-0.15, -0.1) is 0 Å². The van der Waals surface area contributed by atoms with Crippen LogP contribution in [-0.2, 0) is 15.8 Å². The Morgan fingerprint density at radius 1 is 1.37 bits per heavy atom. The number of hydrogen-bond acceptors (Lipinski definition) is 3. The number of hydrogen-bond donors (Lipinski definition) is 0. The van der Waals surface area contributed by atoms with Gasteiger partial charge in [0.05, 0.1) is 17.4 Å². The third-order valence-electron chi connectivity index (χ3n) is 3.58. The summed E-state index contributed by atoms with van der Waals surface area (Å²) < 4.78 is 26.4. The van der Waals surface area contributed by atoms with E-state index in [1.165, 1.54) is 0 Å². The first kappa shape index (κ1) is 14.0. The molecule has 4 nitrogen and oxygen atoms in total. The van der Waals surface area contributed by atoms with Gasteiger partial charge < -0.3 is 0 Å². The molecule has 0 N–H and O–H groups in total. The molecule has 1 saturated heterocycles. The van der Waals surface area contributed by atoms with Gasteiger partial charge in [0.25, 0.3) is 0 Å². The molecule has 19 heavy (non-hydrogen) atoms. The van der Waals surface area contributed by atoms with E-state index in [1.54, 1.807) is 28.6 Å². The molecule has 1 aliphatic heterocycles. The number of nitriles is 1. The maximum atomic E-state index is 12.4. The van der Waals surface area contributed by atoms with Crippen LogP contribution in [0.2, 0.25) is 0 Å². The topological polar surface area (TPSA) is 61.2 Å². The molecule has 0 spiro atoms. The van der Waals surface area contributed by atoms with E-state index in [4.69, 9.17) is 5.26 Å². The van der Waals surface area contributed by atoms with Gasteiger partial charge >= 0.3 is 0 Å². The highest BCUT2D eigenvalue weighted by atomic mass is 32.2. The minimum absolute atomic E-state index is 0.0230. The number of sulfonamides is 1. The lowest BCUT2D eigenvalue weighted by molar-refractivity contribution is 0.379. The average molecular weight is 278 g/mol. The molecule has 1 aliphatic rings. The van der Waals surface area contributed by atoms with Gasteiger partial charge in [0, 0.05) is 12.6 Å². The molecule has 1 unspecified atom stereocenters. The maximum Gasteiger partial charge on any atom is 0.218 e. The van der Waals surface area contributed by atoms with Crippen LogP contribution in [-0.4, -0.2) is 25.3 Å². The van der Waals surface area contributed by atoms with Crippen LogP contribution < -0.4 is 0 Å². The normalized spacial score (nSPS) is 20.3. The predicted octanol–water partition coefficient (Wildman–Crippen LogP) is 2.26. The molecule has 0 aromatic heterocycles. The summed E-state index contributed by atoms with van der Waals surface area (Å²) in [5, 5.41) is 8.72. The molecule has 1 fully saturated rings. The lowest BCUT2D eigenvalue weighted by Gasteiger charge is -2.23. The van der Waals surface area contributed by atoms with Gasteiger partial charge in [-0.1, -0.05) is 19.1 Å². The standard InChI is InChI=1S/C14H18N2O2S/c1-2-14-4-3-9-16(14)19(17,18)11-13-7-5-12(10-15)6-8-13/h5-8,14H,2-4,9,11H2,1H3. The highest BCUT2D eigenvalue weighted by molar-refractivity contribution is 7.88. The van der Waals surface area contributed by atoms with Crippen LogP contribution in [0.15, 0.2) is 24.3 Å². The number of nitrogens with zero attached hydrogens (tertiary/aromatic N) is 2. The monoisotopic (exact) mass is 278 g/mol. The lowest BCUT2D eigenvalue weighted by Crippen LogP contribution is -2.35. The minimum atomic E-state index is -3.24. The summed E-state index contributed by atoms with van der Waals surface area (Å²) in [6, 6.07) is 8.93. The fourth-order valence-electron chi connectivity index (χ4n) is 2.55. The van der Waals surface area contributed by atoms with Crippen molar-refractivity contribution in [2.45, 2.75) is 38.0 Å². The van der Waals surface area contributed by atoms with Gasteiger partial charge in [0.15, 0.2) is 0 Å². The van der Waals surface area contributed by atoms with Crippen LogP contribution in [0.1, 0.15) is 37.3 Å². The quantitative estimate of drug-likeness (QED) is 0.848. The lowest BCUT2D eigenvalue weighted by atomic mass is 10.2. The first-order chi connectivity index (χ1) is 9.06. The highest BCUT2D eigenvalue weighted by Crippen LogP contribution is 2.25. The fourth-order valence-corrected chi connectivity index (χ4v) is 4.45. The van der Waals surface area contributed by atoms with Crippen LogP contribution in [0.25, 0.3) is 0 Å². The molecule has 1 aromatic carbocycles. The maximum absolute atomic E-state index is 12.4. The summed E-state index contributed by atoms with van der Waals surface area (Å²) in [5.41, 5.74) is 1.29. The Morgan fingerprint density at radius 2 is 2.05 bits per heavy atom. The molecule has 102 valence electrons. The Morgan fingerprint density at radius 3 is 2.63 bits per heavy atom. The largest absolute Gasteiger partial charge is 0.218 e. The van der Waals surface area contributed by atoms with Crippen molar-refractivity contribution in [3.8, 4) is 6.07 Å². The Balaban J connectivity index is 2.14. The second-order valence-corrected chi connectivity index (χ2v) is 6.80. The molecule has 0 bridgehead atoms. The van der Waals surface area contributed by atoms with E-state index in [2.05, 4.69) is 0 Å². The summed E-state index contributed by atoms with van der Waals surface area (Å²) in [4.78, 5) is 0. The Bertz CT molecular complexity index is 572. The molecular formula is C14H18N2O2S. The van der Waals surface area contributed by atoms with Crippen molar-refractivity contribution >= 4 is 10.0 Å². The van der Waals surface area contributed by atoms with E-state index in [0.29, 0.717) is 12.1 Å². The molecule has 0 radical (unpaired) electrons. The van der Waals surface area contributed by atoms with E-state index in [1.807, 2.05) is 13.0 Å². The Labute approximate surface area is 114 Å². The van der Waals surface area contributed by atoms with Crippen molar-refractivity contribution < 1.29 is 8.42 Å². The molecular weight excluding hydrogens is 260 g/mol. The van der Waals surface area contributed by atoms with Crippen LogP contribution in [0.4, 0.5) is 0 Å². The van der Waals surface area contributed by atoms with Gasteiger partial charge in [-0.05, 0) is 37.0 Å². The summed E-state index contributed by atoms with van der Waals surface area (Å²) in [6.07, 6.45) is 2.78. The zero-order chi connectivity index (χ0) is 13.9. The van der Waals surface area contributed by atoms with Crippen molar-refractivity contribution in [1.29, 1.82) is 5.26 Å². The third kappa shape index (κ3) is 3.14. The van der Waals surface area contributed by atoms with E-state index in [-0.39, 0.29) is 11.8 Å². The van der Waals surface area contributed by atoms with Gasteiger partial charge in [-0.3, -0.25) is 0 Å². The predicted molar refractivity (Wildman–Crippen MR) is 73.8 cm³/mol. The third-order valence-corrected chi connectivity index (χ3v) is 5.48. The zero-order valence-corrected chi connectivity index (χ0v) is 11.9. The van der Waals surface area contributed by atoms with E-state index in [9.17, 15) is 8.42 Å². The van der Waals surface area contributed by atoms with Crippen molar-refractivity contribution in [2.75, 3.05) is 6.54 Å². The highest BCUT2D eigenvalue weighted by Gasteiger charge is 2.32. The summed E-state index contributed by atoms with van der Waals surface area (Å²) in [7, 11) is -3.24. The molecule has 2 rings (SSSR count). The first-order valence-electron chi connectivity index (χ1n) is 6.55.